The quantitative estimate of drug-likeness (QED) is 0.507. The van der Waals surface area contributed by atoms with E-state index in [-0.39, 0.29) is 12.5 Å². The largest absolute Gasteiger partial charge is 0.494 e. The second-order valence-corrected chi connectivity index (χ2v) is 6.56. The molecule has 3 aromatic carbocycles. The molecule has 0 unspecified atom stereocenters. The van der Waals surface area contributed by atoms with Gasteiger partial charge in [-0.05, 0) is 48.0 Å². The van der Waals surface area contributed by atoms with Crippen LogP contribution in [0.3, 0.4) is 0 Å². The predicted octanol–water partition coefficient (Wildman–Crippen LogP) is 4.04. The molecule has 0 atom stereocenters. The Balaban J connectivity index is 1.45. The van der Waals surface area contributed by atoms with Crippen molar-refractivity contribution in [3.8, 4) is 28.3 Å². The van der Waals surface area contributed by atoms with Crippen LogP contribution in [-0.4, -0.2) is 32.7 Å². The lowest BCUT2D eigenvalue weighted by Gasteiger charge is -2.11. The highest BCUT2D eigenvalue weighted by molar-refractivity contribution is 5.95. The lowest BCUT2D eigenvalue weighted by molar-refractivity contribution is -0.117. The summed E-state index contributed by atoms with van der Waals surface area (Å²) < 4.78 is 5.44. The van der Waals surface area contributed by atoms with Gasteiger partial charge in [0.1, 0.15) is 12.3 Å². The maximum absolute atomic E-state index is 12.6. The third kappa shape index (κ3) is 4.52. The number of carbonyl (C=O) groups is 1. The van der Waals surface area contributed by atoms with Crippen molar-refractivity contribution in [3.63, 3.8) is 0 Å². The summed E-state index contributed by atoms with van der Waals surface area (Å²) in [6, 6.07) is 25.0. The zero-order valence-electron chi connectivity index (χ0n) is 16.5. The number of nitrogens with one attached hydrogen (secondary N) is 1. The van der Waals surface area contributed by atoms with E-state index in [0.29, 0.717) is 12.4 Å². The molecule has 30 heavy (non-hydrogen) atoms. The highest BCUT2D eigenvalue weighted by Gasteiger charge is 2.12. The van der Waals surface area contributed by atoms with E-state index in [9.17, 15) is 4.79 Å². The Kier molecular flexibility index (Phi) is 5.80. The molecule has 0 aliphatic carbocycles. The minimum absolute atomic E-state index is 0.0346. The van der Waals surface area contributed by atoms with Crippen LogP contribution in [0, 0.1) is 0 Å². The van der Waals surface area contributed by atoms with Gasteiger partial charge in [-0.15, -0.1) is 10.2 Å². The minimum Gasteiger partial charge on any atom is -0.494 e. The Labute approximate surface area is 174 Å². The molecular formula is C23H21N5O2. The fraction of sp³-hybridized carbons (Fsp3) is 0.130. The van der Waals surface area contributed by atoms with Gasteiger partial charge in [0.15, 0.2) is 0 Å². The first-order valence-electron chi connectivity index (χ1n) is 9.68. The van der Waals surface area contributed by atoms with Crippen molar-refractivity contribution in [2.24, 2.45) is 0 Å². The Bertz CT molecular complexity index is 1120. The Morgan fingerprint density at radius 3 is 2.43 bits per heavy atom. The van der Waals surface area contributed by atoms with E-state index in [0.717, 1.165) is 28.1 Å². The van der Waals surface area contributed by atoms with Crippen LogP contribution in [0.1, 0.15) is 6.92 Å². The summed E-state index contributed by atoms with van der Waals surface area (Å²) in [5.74, 6) is 1.01. The molecule has 1 N–H and O–H groups in total. The Morgan fingerprint density at radius 2 is 1.67 bits per heavy atom. The Hall–Kier alpha value is -4.00. The molecule has 0 fully saturated rings. The van der Waals surface area contributed by atoms with Crippen LogP contribution >= 0.6 is 0 Å². The van der Waals surface area contributed by atoms with Crippen molar-refractivity contribution in [1.82, 2.24) is 20.2 Å². The number of benzene rings is 3. The van der Waals surface area contributed by atoms with Gasteiger partial charge in [-0.25, -0.2) is 0 Å². The van der Waals surface area contributed by atoms with E-state index in [1.807, 2.05) is 85.8 Å². The lowest BCUT2D eigenvalue weighted by Crippen LogP contribution is -2.20. The van der Waals surface area contributed by atoms with Crippen LogP contribution in [0.4, 0.5) is 5.69 Å². The zero-order chi connectivity index (χ0) is 20.8. The van der Waals surface area contributed by atoms with Crippen LogP contribution in [-0.2, 0) is 11.3 Å². The second kappa shape index (κ2) is 9.00. The fourth-order valence-electron chi connectivity index (χ4n) is 3.07. The number of anilines is 1. The van der Waals surface area contributed by atoms with Gasteiger partial charge in [0.25, 0.3) is 0 Å². The van der Waals surface area contributed by atoms with Gasteiger partial charge in [0.2, 0.25) is 11.7 Å². The molecular weight excluding hydrogens is 378 g/mol. The van der Waals surface area contributed by atoms with Crippen molar-refractivity contribution in [2.75, 3.05) is 11.9 Å². The first-order valence-corrected chi connectivity index (χ1v) is 9.68. The topological polar surface area (TPSA) is 81.9 Å². The first kappa shape index (κ1) is 19.3. The highest BCUT2D eigenvalue weighted by Crippen LogP contribution is 2.27. The fourth-order valence-corrected chi connectivity index (χ4v) is 3.07. The summed E-state index contributed by atoms with van der Waals surface area (Å²) in [6.07, 6.45) is 0. The molecule has 0 bridgehead atoms. The maximum Gasteiger partial charge on any atom is 0.248 e. The zero-order valence-corrected chi connectivity index (χ0v) is 16.5. The van der Waals surface area contributed by atoms with E-state index in [4.69, 9.17) is 4.74 Å². The molecule has 0 saturated carbocycles. The average Bonchev–Trinajstić information content (AvgIpc) is 3.24. The van der Waals surface area contributed by atoms with Crippen LogP contribution in [0.25, 0.3) is 22.5 Å². The molecule has 7 nitrogen and oxygen atoms in total. The standard InChI is InChI=1S/C23H21N5O2/c1-2-30-19-14-12-18(13-15-19)23-25-27-28(26-23)16-22(29)24-21-11-7-6-10-20(21)17-8-4-3-5-9-17/h3-15H,2,16H2,1H3,(H,24,29). The van der Waals surface area contributed by atoms with Crippen molar-refractivity contribution >= 4 is 11.6 Å². The smallest absolute Gasteiger partial charge is 0.248 e. The molecule has 1 amide bonds. The van der Waals surface area contributed by atoms with Crippen LogP contribution in [0.2, 0.25) is 0 Å². The van der Waals surface area contributed by atoms with Crippen molar-refractivity contribution in [1.29, 1.82) is 0 Å². The number of hydrogen-bond acceptors (Lipinski definition) is 5. The summed E-state index contributed by atoms with van der Waals surface area (Å²) in [5, 5.41) is 15.3. The molecule has 4 aromatic rings. The molecule has 150 valence electrons. The normalized spacial score (nSPS) is 10.6. The molecule has 4 rings (SSSR count). The number of aromatic nitrogens is 4. The van der Waals surface area contributed by atoms with Crippen LogP contribution in [0.5, 0.6) is 5.75 Å². The molecule has 0 spiro atoms. The summed E-state index contributed by atoms with van der Waals surface area (Å²) in [5.41, 5.74) is 3.53. The number of amides is 1. The van der Waals surface area contributed by atoms with E-state index in [1.54, 1.807) is 0 Å². The van der Waals surface area contributed by atoms with Gasteiger partial charge in [-0.3, -0.25) is 4.79 Å². The molecule has 0 aliphatic rings. The van der Waals surface area contributed by atoms with Gasteiger partial charge in [-0.2, -0.15) is 4.80 Å². The number of para-hydroxylation sites is 1. The maximum atomic E-state index is 12.6. The third-order valence-corrected chi connectivity index (χ3v) is 4.45. The molecule has 0 saturated heterocycles. The number of nitrogens with zero attached hydrogens (tertiary/aromatic N) is 4. The van der Waals surface area contributed by atoms with E-state index >= 15 is 0 Å². The van der Waals surface area contributed by atoms with Gasteiger partial charge in [0.05, 0.1) is 6.61 Å². The number of carbonyl (C=O) groups excluding carboxylic acids is 1. The van der Waals surface area contributed by atoms with Gasteiger partial charge in [0, 0.05) is 16.8 Å². The molecule has 1 aromatic heterocycles. The summed E-state index contributed by atoms with van der Waals surface area (Å²) >= 11 is 0. The van der Waals surface area contributed by atoms with Crippen molar-refractivity contribution < 1.29 is 9.53 Å². The van der Waals surface area contributed by atoms with Gasteiger partial charge >= 0.3 is 0 Å². The van der Waals surface area contributed by atoms with E-state index in [2.05, 4.69) is 20.7 Å². The van der Waals surface area contributed by atoms with Crippen molar-refractivity contribution in [3.05, 3.63) is 78.9 Å². The molecule has 7 heteroatoms. The van der Waals surface area contributed by atoms with Crippen molar-refractivity contribution in [2.45, 2.75) is 13.5 Å². The van der Waals surface area contributed by atoms with Crippen LogP contribution in [0.15, 0.2) is 78.9 Å². The predicted molar refractivity (Wildman–Crippen MR) is 115 cm³/mol. The molecule has 0 aliphatic heterocycles. The first-order chi connectivity index (χ1) is 14.7. The minimum atomic E-state index is -0.228. The SMILES string of the molecule is CCOc1ccc(-c2nnn(CC(=O)Nc3ccccc3-c3ccccc3)n2)cc1. The summed E-state index contributed by atoms with van der Waals surface area (Å²) in [7, 11) is 0. The average molecular weight is 399 g/mol. The van der Waals surface area contributed by atoms with Gasteiger partial charge in [-0.1, -0.05) is 48.5 Å². The molecule has 1 heterocycles. The third-order valence-electron chi connectivity index (χ3n) is 4.45. The number of ether oxygens (including phenoxy) is 1. The lowest BCUT2D eigenvalue weighted by atomic mass is 10.0. The highest BCUT2D eigenvalue weighted by atomic mass is 16.5. The number of rotatable bonds is 7. The van der Waals surface area contributed by atoms with E-state index in [1.165, 1.54) is 4.80 Å². The molecule has 0 radical (unpaired) electrons. The summed E-state index contributed by atoms with van der Waals surface area (Å²) in [4.78, 5) is 13.9. The Morgan fingerprint density at radius 1 is 0.933 bits per heavy atom. The van der Waals surface area contributed by atoms with E-state index < -0.39 is 0 Å². The van der Waals surface area contributed by atoms with Gasteiger partial charge < -0.3 is 10.1 Å². The monoisotopic (exact) mass is 399 g/mol. The van der Waals surface area contributed by atoms with Crippen LogP contribution < -0.4 is 10.1 Å². The number of hydrogen-bond donors (Lipinski definition) is 1. The summed E-state index contributed by atoms with van der Waals surface area (Å²) in [6.45, 7) is 2.51. The number of tetrazole rings is 1. The second-order valence-electron chi connectivity index (χ2n) is 6.56.